The molecule has 2 aromatic rings. The Kier molecular flexibility index (Phi) is 5.07. The number of thiazole rings is 1. The zero-order valence-corrected chi connectivity index (χ0v) is 13.3. The lowest BCUT2D eigenvalue weighted by Crippen LogP contribution is -2.18. The monoisotopic (exact) mass is 342 g/mol. The van der Waals surface area contributed by atoms with E-state index < -0.39 is 0 Å². The van der Waals surface area contributed by atoms with Crippen molar-refractivity contribution in [2.45, 2.75) is 26.3 Å². The summed E-state index contributed by atoms with van der Waals surface area (Å²) >= 11 is 4.76. The summed E-state index contributed by atoms with van der Waals surface area (Å²) in [6.45, 7) is 5.25. The number of hydrogen-bond acceptors (Lipinski definition) is 3. The van der Waals surface area contributed by atoms with Crippen LogP contribution < -0.4 is 5.32 Å². The summed E-state index contributed by atoms with van der Waals surface area (Å²) in [4.78, 5) is 5.56. The molecule has 0 bridgehead atoms. The van der Waals surface area contributed by atoms with E-state index >= 15 is 0 Å². The van der Waals surface area contributed by atoms with Gasteiger partial charge in [0, 0.05) is 22.7 Å². The van der Waals surface area contributed by atoms with Crippen molar-refractivity contribution in [1.29, 1.82) is 0 Å². The van der Waals surface area contributed by atoms with Crippen LogP contribution in [0.2, 0.25) is 0 Å². The van der Waals surface area contributed by atoms with Crippen LogP contribution in [0, 0.1) is 5.82 Å². The summed E-state index contributed by atoms with van der Waals surface area (Å²) < 4.78 is 14.0. The van der Waals surface area contributed by atoms with Gasteiger partial charge >= 0.3 is 0 Å². The van der Waals surface area contributed by atoms with Crippen LogP contribution in [-0.4, -0.2) is 11.5 Å². The first-order valence-electron chi connectivity index (χ1n) is 6.26. The van der Waals surface area contributed by atoms with E-state index in [-0.39, 0.29) is 11.9 Å². The second-order valence-corrected chi connectivity index (χ2v) is 6.29. The first kappa shape index (κ1) is 14.6. The maximum absolute atomic E-state index is 13.5. The van der Waals surface area contributed by atoms with Crippen LogP contribution in [0.3, 0.4) is 0 Å². The maximum Gasteiger partial charge on any atom is 0.138 e. The lowest BCUT2D eigenvalue weighted by molar-refractivity contribution is 0.577. The Balaban J connectivity index is 2.18. The Bertz CT molecular complexity index is 556. The van der Waals surface area contributed by atoms with E-state index in [2.05, 4.69) is 40.1 Å². The largest absolute Gasteiger partial charge is 0.309 e. The summed E-state index contributed by atoms with van der Waals surface area (Å²) in [5.74, 6) is -0.258. The van der Waals surface area contributed by atoms with Gasteiger partial charge in [0.05, 0.1) is 4.47 Å². The van der Waals surface area contributed by atoms with Gasteiger partial charge in [-0.25, -0.2) is 9.37 Å². The molecule has 0 radical (unpaired) electrons. The molecular formula is C14H16BrFN2S. The zero-order valence-electron chi connectivity index (χ0n) is 10.9. The Morgan fingerprint density at radius 2 is 2.26 bits per heavy atom. The predicted molar refractivity (Wildman–Crippen MR) is 81.9 cm³/mol. The van der Waals surface area contributed by atoms with Crippen molar-refractivity contribution in [3.8, 4) is 10.6 Å². The lowest BCUT2D eigenvalue weighted by atomic mass is 10.2. The third-order valence-electron chi connectivity index (χ3n) is 2.82. The van der Waals surface area contributed by atoms with Crippen molar-refractivity contribution in [2.24, 2.45) is 0 Å². The van der Waals surface area contributed by atoms with E-state index in [9.17, 15) is 4.39 Å². The van der Waals surface area contributed by atoms with Crippen LogP contribution in [0.25, 0.3) is 10.6 Å². The van der Waals surface area contributed by atoms with Gasteiger partial charge in [0.15, 0.2) is 0 Å². The molecule has 1 heterocycles. The van der Waals surface area contributed by atoms with Gasteiger partial charge < -0.3 is 5.32 Å². The van der Waals surface area contributed by atoms with Crippen molar-refractivity contribution in [2.75, 3.05) is 6.54 Å². The molecule has 0 aliphatic heterocycles. The quantitative estimate of drug-likeness (QED) is 0.846. The topological polar surface area (TPSA) is 24.9 Å². The summed E-state index contributed by atoms with van der Waals surface area (Å²) in [6.07, 6.45) is 2.97. The van der Waals surface area contributed by atoms with Gasteiger partial charge in [-0.05, 0) is 48.0 Å². The molecule has 1 aromatic carbocycles. The second-order valence-electron chi connectivity index (χ2n) is 4.37. The van der Waals surface area contributed by atoms with Gasteiger partial charge in [-0.3, -0.25) is 0 Å². The van der Waals surface area contributed by atoms with E-state index in [1.54, 1.807) is 17.4 Å². The minimum Gasteiger partial charge on any atom is -0.309 e. The summed E-state index contributed by atoms with van der Waals surface area (Å²) in [5.41, 5.74) is 0.819. The van der Waals surface area contributed by atoms with E-state index in [0.717, 1.165) is 23.5 Å². The molecule has 0 amide bonds. The number of nitrogens with one attached hydrogen (secondary N) is 1. The Labute approximate surface area is 125 Å². The third kappa shape index (κ3) is 3.61. The lowest BCUT2D eigenvalue weighted by Gasteiger charge is -2.09. The molecule has 1 aromatic heterocycles. The third-order valence-corrected chi connectivity index (χ3v) is 4.69. The number of halogens is 2. The molecule has 2 nitrogen and oxygen atoms in total. The number of nitrogens with zero attached hydrogens (tertiary/aromatic N) is 1. The fraction of sp³-hybridized carbons (Fsp3) is 0.357. The van der Waals surface area contributed by atoms with Crippen LogP contribution in [0.15, 0.2) is 28.9 Å². The fourth-order valence-electron chi connectivity index (χ4n) is 1.71. The second kappa shape index (κ2) is 6.59. The van der Waals surface area contributed by atoms with Gasteiger partial charge in [-0.15, -0.1) is 11.3 Å². The smallest absolute Gasteiger partial charge is 0.138 e. The van der Waals surface area contributed by atoms with Crippen LogP contribution in [0.5, 0.6) is 0 Å². The highest BCUT2D eigenvalue weighted by molar-refractivity contribution is 9.10. The SMILES string of the molecule is CCCNC(C)c1cnc(-c2ccc(Br)c(F)c2)s1. The first-order valence-corrected chi connectivity index (χ1v) is 7.87. The number of benzene rings is 1. The average molecular weight is 343 g/mol. The van der Waals surface area contributed by atoms with Gasteiger partial charge in [-0.1, -0.05) is 13.0 Å². The Morgan fingerprint density at radius 3 is 2.95 bits per heavy atom. The average Bonchev–Trinajstić information content (AvgIpc) is 2.89. The molecule has 0 aliphatic carbocycles. The molecule has 0 fully saturated rings. The Morgan fingerprint density at radius 1 is 1.47 bits per heavy atom. The van der Waals surface area contributed by atoms with Gasteiger partial charge in [0.25, 0.3) is 0 Å². The number of hydrogen-bond donors (Lipinski definition) is 1. The predicted octanol–water partition coefficient (Wildman–Crippen LogP) is 4.77. The highest BCUT2D eigenvalue weighted by Crippen LogP contribution is 2.30. The van der Waals surface area contributed by atoms with E-state index in [0.29, 0.717) is 4.47 Å². The van der Waals surface area contributed by atoms with Gasteiger partial charge in [-0.2, -0.15) is 0 Å². The highest BCUT2D eigenvalue weighted by Gasteiger charge is 2.11. The number of rotatable bonds is 5. The molecule has 19 heavy (non-hydrogen) atoms. The van der Waals surface area contributed by atoms with E-state index in [1.165, 1.54) is 10.9 Å². The van der Waals surface area contributed by atoms with Crippen LogP contribution in [-0.2, 0) is 0 Å². The van der Waals surface area contributed by atoms with Crippen molar-refractivity contribution in [3.05, 3.63) is 39.6 Å². The zero-order chi connectivity index (χ0) is 13.8. The Hall–Kier alpha value is -0.780. The molecule has 1 unspecified atom stereocenters. The van der Waals surface area contributed by atoms with Gasteiger partial charge in [0.2, 0.25) is 0 Å². The number of aromatic nitrogens is 1. The van der Waals surface area contributed by atoms with E-state index in [4.69, 9.17) is 0 Å². The van der Waals surface area contributed by atoms with Crippen LogP contribution in [0.1, 0.15) is 31.2 Å². The van der Waals surface area contributed by atoms with Crippen molar-refractivity contribution < 1.29 is 4.39 Å². The minimum absolute atomic E-state index is 0.258. The standard InChI is InChI=1S/C14H16BrFN2S/c1-3-6-17-9(2)13-8-18-14(19-13)10-4-5-11(15)12(16)7-10/h4-5,7-9,17H,3,6H2,1-2H3. The molecule has 0 saturated carbocycles. The highest BCUT2D eigenvalue weighted by atomic mass is 79.9. The van der Waals surface area contributed by atoms with Crippen molar-refractivity contribution >= 4 is 27.3 Å². The van der Waals surface area contributed by atoms with Crippen molar-refractivity contribution in [3.63, 3.8) is 0 Å². The molecule has 1 N–H and O–H groups in total. The normalized spacial score (nSPS) is 12.6. The molecule has 2 rings (SSSR count). The fourth-order valence-corrected chi connectivity index (χ4v) is 2.90. The van der Waals surface area contributed by atoms with Gasteiger partial charge in [0.1, 0.15) is 10.8 Å². The molecule has 5 heteroatoms. The van der Waals surface area contributed by atoms with Crippen molar-refractivity contribution in [1.82, 2.24) is 10.3 Å². The molecule has 102 valence electrons. The summed E-state index contributed by atoms with van der Waals surface area (Å²) in [5, 5.41) is 4.28. The molecular weight excluding hydrogens is 327 g/mol. The molecule has 0 saturated heterocycles. The molecule has 0 spiro atoms. The summed E-state index contributed by atoms with van der Waals surface area (Å²) in [6, 6.07) is 5.38. The van der Waals surface area contributed by atoms with Crippen LogP contribution >= 0.6 is 27.3 Å². The van der Waals surface area contributed by atoms with E-state index in [1.807, 2.05) is 12.3 Å². The maximum atomic E-state index is 13.5. The van der Waals surface area contributed by atoms with Crippen LogP contribution in [0.4, 0.5) is 4.39 Å². The molecule has 0 aliphatic rings. The summed E-state index contributed by atoms with van der Waals surface area (Å²) in [7, 11) is 0. The minimum atomic E-state index is -0.258. The first-order chi connectivity index (χ1) is 9.11. The molecule has 1 atom stereocenters.